The summed E-state index contributed by atoms with van der Waals surface area (Å²) >= 11 is 12.7. The number of nitrogens with zero attached hydrogens (tertiary/aromatic N) is 4. The zero-order valence-electron chi connectivity index (χ0n) is 20.2. The third-order valence-electron chi connectivity index (χ3n) is 6.03. The van der Waals surface area contributed by atoms with Crippen LogP contribution in [0.4, 0.5) is 5.82 Å². The van der Waals surface area contributed by atoms with Crippen molar-refractivity contribution in [2.75, 3.05) is 25.0 Å². The zero-order valence-corrected chi connectivity index (χ0v) is 21.7. The molecule has 190 valence electrons. The molecule has 1 amide bonds. The first kappa shape index (κ1) is 25.0. The zero-order chi connectivity index (χ0) is 26.1. The van der Waals surface area contributed by atoms with Gasteiger partial charge in [0, 0.05) is 23.5 Å². The fourth-order valence-corrected chi connectivity index (χ4v) is 4.43. The quantitative estimate of drug-likeness (QED) is 0.246. The Kier molecular flexibility index (Phi) is 6.99. The minimum absolute atomic E-state index is 0.00231. The van der Waals surface area contributed by atoms with Gasteiger partial charge in [-0.05, 0) is 30.3 Å². The Morgan fingerprint density at radius 3 is 2.65 bits per heavy atom. The lowest BCUT2D eigenvalue weighted by atomic mass is 10.1. The summed E-state index contributed by atoms with van der Waals surface area (Å²) in [6.45, 7) is 4.63. The lowest BCUT2D eigenvalue weighted by Crippen LogP contribution is -2.28. The van der Waals surface area contributed by atoms with E-state index in [9.17, 15) is 9.59 Å². The van der Waals surface area contributed by atoms with E-state index in [1.807, 2.05) is 18.2 Å². The lowest BCUT2D eigenvalue weighted by Gasteiger charge is -2.20. The van der Waals surface area contributed by atoms with E-state index < -0.39 is 6.04 Å². The smallest absolute Gasteiger partial charge is 0.308 e. The number of nitrogens with one attached hydrogen (secondary N) is 2. The van der Waals surface area contributed by atoms with Gasteiger partial charge in [-0.2, -0.15) is 0 Å². The fourth-order valence-electron chi connectivity index (χ4n) is 4.02. The number of esters is 1. The van der Waals surface area contributed by atoms with Crippen LogP contribution in [0.3, 0.4) is 0 Å². The molecule has 0 saturated carbocycles. The number of aromatic amines is 1. The third kappa shape index (κ3) is 5.23. The van der Waals surface area contributed by atoms with Gasteiger partial charge in [0.2, 0.25) is 0 Å². The lowest BCUT2D eigenvalue weighted by molar-refractivity contribution is -0.147. The van der Waals surface area contributed by atoms with Gasteiger partial charge in [-0.3, -0.25) is 9.59 Å². The van der Waals surface area contributed by atoms with Gasteiger partial charge in [0.15, 0.2) is 0 Å². The SMILES string of the molecule is CC(C)C(=O)OC[C@H](Nc1ncnc2cc(C(=O)N3CC=CC3)c(Cl)cc12)c1nc2cc(Cl)ccc2[nH]1. The van der Waals surface area contributed by atoms with Crippen LogP contribution in [-0.4, -0.2) is 56.4 Å². The maximum atomic E-state index is 12.9. The number of amides is 1. The standard InChI is InChI=1S/C26H24Cl2N6O3/c1-14(2)26(36)37-12-22(24-31-19-6-5-15(27)9-21(19)32-24)33-23-17-10-18(28)16(11-20(17)29-13-30-23)25(35)34-7-3-4-8-34/h3-6,9-11,13-14,22H,7-8,12H2,1-2H3,(H,31,32)(H,29,30,33)/t22-/m0/s1. The summed E-state index contributed by atoms with van der Waals surface area (Å²) in [6.07, 6.45) is 5.28. The number of hydrogen-bond acceptors (Lipinski definition) is 7. The van der Waals surface area contributed by atoms with E-state index in [4.69, 9.17) is 27.9 Å². The molecule has 0 fully saturated rings. The number of halogens is 2. The summed E-state index contributed by atoms with van der Waals surface area (Å²) in [5, 5.41) is 4.79. The Morgan fingerprint density at radius 2 is 1.89 bits per heavy atom. The van der Waals surface area contributed by atoms with Crippen molar-refractivity contribution in [2.45, 2.75) is 19.9 Å². The molecule has 1 aliphatic rings. The first-order chi connectivity index (χ1) is 17.8. The van der Waals surface area contributed by atoms with Crippen LogP contribution < -0.4 is 5.32 Å². The number of H-pyrrole nitrogens is 1. The van der Waals surface area contributed by atoms with Crippen LogP contribution in [0.5, 0.6) is 0 Å². The second-order valence-corrected chi connectivity index (χ2v) is 9.86. The van der Waals surface area contributed by atoms with Crippen molar-refractivity contribution in [1.29, 1.82) is 0 Å². The molecule has 0 bridgehead atoms. The molecular formula is C26H24Cl2N6O3. The Hall–Kier alpha value is -3.69. The molecule has 9 nitrogen and oxygen atoms in total. The van der Waals surface area contributed by atoms with Gasteiger partial charge < -0.3 is 19.9 Å². The Morgan fingerprint density at radius 1 is 1.11 bits per heavy atom. The fraction of sp³-hybridized carbons (Fsp3) is 0.269. The minimum atomic E-state index is -0.567. The maximum Gasteiger partial charge on any atom is 0.308 e. The second kappa shape index (κ2) is 10.4. The van der Waals surface area contributed by atoms with E-state index in [2.05, 4.69) is 25.3 Å². The number of rotatable bonds is 7. The molecular weight excluding hydrogens is 515 g/mol. The number of benzene rings is 2. The highest BCUT2D eigenvalue weighted by Gasteiger charge is 2.24. The number of hydrogen-bond donors (Lipinski definition) is 2. The summed E-state index contributed by atoms with van der Waals surface area (Å²) in [6, 6.07) is 8.13. The van der Waals surface area contributed by atoms with E-state index in [1.165, 1.54) is 6.33 Å². The molecule has 37 heavy (non-hydrogen) atoms. The van der Waals surface area contributed by atoms with Gasteiger partial charge in [0.25, 0.3) is 5.91 Å². The average Bonchev–Trinajstić information content (AvgIpc) is 3.56. The van der Waals surface area contributed by atoms with Crippen molar-refractivity contribution >= 4 is 62.8 Å². The molecule has 4 aromatic rings. The van der Waals surface area contributed by atoms with Crippen molar-refractivity contribution in [1.82, 2.24) is 24.8 Å². The highest BCUT2D eigenvalue weighted by atomic mass is 35.5. The first-order valence-electron chi connectivity index (χ1n) is 11.8. The van der Waals surface area contributed by atoms with E-state index in [0.29, 0.717) is 56.8 Å². The summed E-state index contributed by atoms with van der Waals surface area (Å²) in [4.78, 5) is 43.5. The van der Waals surface area contributed by atoms with Crippen molar-refractivity contribution < 1.29 is 14.3 Å². The number of aromatic nitrogens is 4. The molecule has 1 aliphatic heterocycles. The average molecular weight is 539 g/mol. The number of anilines is 1. The highest BCUT2D eigenvalue weighted by molar-refractivity contribution is 6.35. The molecule has 1 atom stereocenters. The minimum Gasteiger partial charge on any atom is -0.463 e. The second-order valence-electron chi connectivity index (χ2n) is 9.02. The normalized spacial score (nSPS) is 14.0. The van der Waals surface area contributed by atoms with Gasteiger partial charge in [-0.15, -0.1) is 0 Å². The summed E-state index contributed by atoms with van der Waals surface area (Å²) in [5.41, 5.74) is 2.39. The van der Waals surface area contributed by atoms with Crippen LogP contribution in [0.1, 0.15) is 36.1 Å². The van der Waals surface area contributed by atoms with Gasteiger partial charge in [-0.1, -0.05) is 49.2 Å². The van der Waals surface area contributed by atoms with E-state index in [0.717, 1.165) is 5.52 Å². The molecule has 0 aliphatic carbocycles. The van der Waals surface area contributed by atoms with Gasteiger partial charge in [0.05, 0.1) is 33.1 Å². The summed E-state index contributed by atoms with van der Waals surface area (Å²) in [7, 11) is 0. The third-order valence-corrected chi connectivity index (χ3v) is 6.58. The molecule has 0 spiro atoms. The summed E-state index contributed by atoms with van der Waals surface area (Å²) in [5.74, 6) is 0.221. The molecule has 2 aromatic heterocycles. The van der Waals surface area contributed by atoms with Gasteiger partial charge in [-0.25, -0.2) is 15.0 Å². The van der Waals surface area contributed by atoms with Crippen LogP contribution in [0.2, 0.25) is 10.0 Å². The first-order valence-corrected chi connectivity index (χ1v) is 12.5. The Bertz CT molecular complexity index is 1530. The van der Waals surface area contributed by atoms with Crippen molar-refractivity contribution in [3.05, 3.63) is 70.2 Å². The van der Waals surface area contributed by atoms with E-state index in [-0.39, 0.29) is 24.4 Å². The molecule has 3 heterocycles. The van der Waals surface area contributed by atoms with Crippen molar-refractivity contribution in [3.63, 3.8) is 0 Å². The Labute approximate surface area is 222 Å². The molecule has 0 radical (unpaired) electrons. The predicted molar refractivity (Wildman–Crippen MR) is 143 cm³/mol. The van der Waals surface area contributed by atoms with Crippen LogP contribution in [0.25, 0.3) is 21.9 Å². The predicted octanol–water partition coefficient (Wildman–Crippen LogP) is 5.18. The van der Waals surface area contributed by atoms with Crippen molar-refractivity contribution in [3.8, 4) is 0 Å². The number of ether oxygens (including phenoxy) is 1. The van der Waals surface area contributed by atoms with Crippen LogP contribution in [0.15, 0.2) is 48.8 Å². The van der Waals surface area contributed by atoms with Crippen LogP contribution >= 0.6 is 23.2 Å². The number of imidazole rings is 1. The molecule has 2 aromatic carbocycles. The van der Waals surface area contributed by atoms with E-state index >= 15 is 0 Å². The molecule has 0 saturated heterocycles. The number of carbonyl (C=O) groups excluding carboxylic acids is 2. The van der Waals surface area contributed by atoms with Crippen LogP contribution in [0, 0.1) is 5.92 Å². The van der Waals surface area contributed by atoms with Gasteiger partial charge >= 0.3 is 5.97 Å². The number of fused-ring (bicyclic) bond motifs is 2. The van der Waals surface area contributed by atoms with Crippen LogP contribution in [-0.2, 0) is 9.53 Å². The largest absolute Gasteiger partial charge is 0.463 e. The molecule has 0 unspecified atom stereocenters. The Balaban J connectivity index is 1.49. The van der Waals surface area contributed by atoms with Crippen molar-refractivity contribution in [2.24, 2.45) is 5.92 Å². The number of carbonyl (C=O) groups is 2. The summed E-state index contributed by atoms with van der Waals surface area (Å²) < 4.78 is 5.54. The van der Waals surface area contributed by atoms with E-state index in [1.54, 1.807) is 43.0 Å². The molecule has 2 N–H and O–H groups in total. The molecule has 11 heteroatoms. The maximum absolute atomic E-state index is 12.9. The highest BCUT2D eigenvalue weighted by Crippen LogP contribution is 2.30. The molecule has 5 rings (SSSR count). The monoisotopic (exact) mass is 538 g/mol. The van der Waals surface area contributed by atoms with Gasteiger partial charge in [0.1, 0.15) is 30.6 Å². The topological polar surface area (TPSA) is 113 Å².